The molecule has 1 aliphatic rings. The van der Waals surface area contributed by atoms with Gasteiger partial charge in [0, 0.05) is 24.5 Å². The van der Waals surface area contributed by atoms with Crippen molar-refractivity contribution in [2.75, 3.05) is 13.1 Å². The van der Waals surface area contributed by atoms with Crippen molar-refractivity contribution in [3.8, 4) is 0 Å². The molecule has 1 fully saturated rings. The highest BCUT2D eigenvalue weighted by Gasteiger charge is 2.31. The van der Waals surface area contributed by atoms with E-state index in [1.54, 1.807) is 16.4 Å². The van der Waals surface area contributed by atoms with Crippen molar-refractivity contribution in [1.29, 1.82) is 0 Å². The Bertz CT molecular complexity index is 535. The second kappa shape index (κ2) is 5.52. The fourth-order valence-electron chi connectivity index (χ4n) is 2.37. The number of rotatable bonds is 3. The fourth-order valence-corrected chi connectivity index (χ4v) is 5.24. The minimum atomic E-state index is -3.33. The predicted octanol–water partition coefficient (Wildman–Crippen LogP) is 2.41. The van der Waals surface area contributed by atoms with Crippen LogP contribution >= 0.6 is 11.3 Å². The van der Waals surface area contributed by atoms with E-state index in [2.05, 4.69) is 13.8 Å². The Balaban J connectivity index is 2.20. The zero-order chi connectivity index (χ0) is 14.1. The third-order valence-electron chi connectivity index (χ3n) is 3.73. The van der Waals surface area contributed by atoms with Crippen LogP contribution in [0.25, 0.3) is 0 Å². The van der Waals surface area contributed by atoms with Gasteiger partial charge in [0.2, 0.25) is 0 Å². The van der Waals surface area contributed by atoms with Crippen LogP contribution in [0.2, 0.25) is 0 Å². The van der Waals surface area contributed by atoms with Crippen molar-refractivity contribution in [1.82, 2.24) is 4.31 Å². The zero-order valence-electron chi connectivity index (χ0n) is 11.6. The van der Waals surface area contributed by atoms with Crippen LogP contribution in [0.4, 0.5) is 0 Å². The summed E-state index contributed by atoms with van der Waals surface area (Å²) in [5.41, 5.74) is 5.79. The van der Waals surface area contributed by atoms with E-state index in [1.165, 1.54) is 11.3 Å². The summed E-state index contributed by atoms with van der Waals surface area (Å²) in [6.45, 7) is 6.06. The minimum Gasteiger partial charge on any atom is -0.326 e. The molecule has 0 atom stereocenters. The lowest BCUT2D eigenvalue weighted by molar-refractivity contribution is 0.315. The van der Waals surface area contributed by atoms with Crippen molar-refractivity contribution in [3.05, 3.63) is 17.0 Å². The van der Waals surface area contributed by atoms with Crippen molar-refractivity contribution in [2.24, 2.45) is 11.1 Å². The molecule has 0 spiro atoms. The molecule has 6 heteroatoms. The van der Waals surface area contributed by atoms with Gasteiger partial charge in [0.05, 0.1) is 0 Å². The van der Waals surface area contributed by atoms with Gasteiger partial charge in [-0.15, -0.1) is 11.3 Å². The summed E-state index contributed by atoms with van der Waals surface area (Å²) < 4.78 is 27.2. The third-order valence-corrected chi connectivity index (χ3v) is 7.20. The first kappa shape index (κ1) is 15.0. The van der Waals surface area contributed by atoms with Crippen molar-refractivity contribution < 1.29 is 8.42 Å². The molecular weight excluding hydrogens is 280 g/mol. The molecule has 0 unspecified atom stereocenters. The summed E-state index contributed by atoms with van der Waals surface area (Å²) in [6.07, 6.45) is 2.93. The first-order valence-corrected chi connectivity index (χ1v) is 8.90. The number of hydrogen-bond acceptors (Lipinski definition) is 4. The van der Waals surface area contributed by atoms with Gasteiger partial charge in [-0.05, 0) is 36.8 Å². The van der Waals surface area contributed by atoms with E-state index in [0.29, 0.717) is 23.8 Å². The van der Waals surface area contributed by atoms with Gasteiger partial charge in [-0.25, -0.2) is 8.42 Å². The Labute approximate surface area is 119 Å². The largest absolute Gasteiger partial charge is 0.326 e. The van der Waals surface area contributed by atoms with Gasteiger partial charge in [-0.2, -0.15) is 4.31 Å². The van der Waals surface area contributed by atoms with E-state index in [-0.39, 0.29) is 5.41 Å². The lowest BCUT2D eigenvalue weighted by atomic mass is 9.85. The molecule has 1 saturated heterocycles. The zero-order valence-corrected chi connectivity index (χ0v) is 13.2. The van der Waals surface area contributed by atoms with Gasteiger partial charge in [-0.1, -0.05) is 13.8 Å². The van der Waals surface area contributed by atoms with Crippen LogP contribution in [-0.2, 0) is 16.6 Å². The normalized spacial score (nSPS) is 21.2. The van der Waals surface area contributed by atoms with Crippen LogP contribution in [0.3, 0.4) is 0 Å². The Morgan fingerprint density at radius 1 is 1.32 bits per heavy atom. The molecule has 108 valence electrons. The van der Waals surface area contributed by atoms with E-state index in [0.717, 1.165) is 24.1 Å². The van der Waals surface area contributed by atoms with Crippen LogP contribution in [0, 0.1) is 5.41 Å². The number of thiophene rings is 1. The highest BCUT2D eigenvalue weighted by molar-refractivity contribution is 7.91. The monoisotopic (exact) mass is 302 g/mol. The van der Waals surface area contributed by atoms with E-state index in [9.17, 15) is 8.42 Å². The van der Waals surface area contributed by atoms with Gasteiger partial charge >= 0.3 is 0 Å². The van der Waals surface area contributed by atoms with Crippen LogP contribution in [-0.4, -0.2) is 25.8 Å². The Hall–Kier alpha value is -0.430. The molecule has 0 amide bonds. The second-order valence-corrected chi connectivity index (χ2v) is 9.18. The summed E-state index contributed by atoms with van der Waals surface area (Å²) in [4.78, 5) is 0.911. The quantitative estimate of drug-likeness (QED) is 0.932. The highest BCUT2D eigenvalue weighted by atomic mass is 32.2. The first-order valence-electron chi connectivity index (χ1n) is 6.64. The minimum absolute atomic E-state index is 0.238. The summed E-state index contributed by atoms with van der Waals surface area (Å²) in [5, 5.41) is 0. The molecule has 2 heterocycles. The predicted molar refractivity (Wildman–Crippen MR) is 78.6 cm³/mol. The maximum atomic E-state index is 12.6. The molecule has 4 nitrogen and oxygen atoms in total. The summed E-state index contributed by atoms with van der Waals surface area (Å²) in [6, 6.07) is 3.48. The molecule has 2 rings (SSSR count). The van der Waals surface area contributed by atoms with E-state index >= 15 is 0 Å². The van der Waals surface area contributed by atoms with Gasteiger partial charge in [0.1, 0.15) is 4.21 Å². The average molecular weight is 302 g/mol. The number of nitrogens with zero attached hydrogens (tertiary/aromatic N) is 1. The number of nitrogens with two attached hydrogens (primary N) is 1. The highest BCUT2D eigenvalue weighted by Crippen LogP contribution is 2.33. The van der Waals surface area contributed by atoms with E-state index < -0.39 is 10.0 Å². The third kappa shape index (κ3) is 3.37. The molecule has 19 heavy (non-hydrogen) atoms. The molecule has 0 bridgehead atoms. The SMILES string of the molecule is CC1(C)CCCN(S(=O)(=O)c2ccc(CN)s2)CC1. The molecule has 2 N–H and O–H groups in total. The molecule has 1 aliphatic heterocycles. The van der Waals surface area contributed by atoms with Crippen molar-refractivity contribution in [3.63, 3.8) is 0 Å². The lowest BCUT2D eigenvalue weighted by Gasteiger charge is -2.22. The molecule has 0 saturated carbocycles. The van der Waals surface area contributed by atoms with Crippen LogP contribution in [0.15, 0.2) is 16.3 Å². The molecule has 1 aromatic heterocycles. The van der Waals surface area contributed by atoms with Gasteiger partial charge < -0.3 is 5.73 Å². The van der Waals surface area contributed by atoms with Crippen molar-refractivity contribution >= 4 is 21.4 Å². The maximum Gasteiger partial charge on any atom is 0.252 e. The lowest BCUT2D eigenvalue weighted by Crippen LogP contribution is -2.32. The summed E-state index contributed by atoms with van der Waals surface area (Å²) in [5.74, 6) is 0. The Kier molecular flexibility index (Phi) is 4.35. The molecule has 0 radical (unpaired) electrons. The molecule has 0 aliphatic carbocycles. The second-order valence-electron chi connectivity index (χ2n) is 5.85. The molecule has 0 aromatic carbocycles. The fraction of sp³-hybridized carbons (Fsp3) is 0.692. The number of hydrogen-bond donors (Lipinski definition) is 1. The van der Waals surface area contributed by atoms with E-state index in [1.807, 2.05) is 0 Å². The number of sulfonamides is 1. The van der Waals surface area contributed by atoms with Crippen LogP contribution in [0.5, 0.6) is 0 Å². The standard InChI is InChI=1S/C13H22N2O2S2/c1-13(2)6-3-8-15(9-7-13)19(16,17)12-5-4-11(10-14)18-12/h4-5H,3,6-10,14H2,1-2H3. The topological polar surface area (TPSA) is 63.4 Å². The van der Waals surface area contributed by atoms with Crippen LogP contribution < -0.4 is 5.73 Å². The summed E-state index contributed by atoms with van der Waals surface area (Å²) in [7, 11) is -3.33. The van der Waals surface area contributed by atoms with Crippen LogP contribution in [0.1, 0.15) is 38.0 Å². The van der Waals surface area contributed by atoms with Crippen molar-refractivity contribution in [2.45, 2.75) is 43.9 Å². The smallest absolute Gasteiger partial charge is 0.252 e. The van der Waals surface area contributed by atoms with Gasteiger partial charge in [0.15, 0.2) is 0 Å². The molecule has 1 aromatic rings. The average Bonchev–Trinajstić information content (AvgIpc) is 2.75. The van der Waals surface area contributed by atoms with E-state index in [4.69, 9.17) is 5.73 Å². The Morgan fingerprint density at radius 2 is 2.05 bits per heavy atom. The first-order chi connectivity index (χ1) is 8.85. The Morgan fingerprint density at radius 3 is 2.68 bits per heavy atom. The summed E-state index contributed by atoms with van der Waals surface area (Å²) >= 11 is 1.29. The maximum absolute atomic E-state index is 12.6. The van der Waals surface area contributed by atoms with Gasteiger partial charge in [0.25, 0.3) is 10.0 Å². The molecular formula is C13H22N2O2S2. The van der Waals surface area contributed by atoms with Gasteiger partial charge in [-0.3, -0.25) is 0 Å².